The van der Waals surface area contributed by atoms with Gasteiger partial charge < -0.3 is 30.1 Å². The Hall–Kier alpha value is -3.43. The van der Waals surface area contributed by atoms with Gasteiger partial charge in [0.05, 0.1) is 16.6 Å². The third kappa shape index (κ3) is 5.17. The van der Waals surface area contributed by atoms with Gasteiger partial charge in [-0.05, 0) is 48.9 Å². The van der Waals surface area contributed by atoms with Crippen molar-refractivity contribution in [1.82, 2.24) is 0 Å². The van der Waals surface area contributed by atoms with Crippen molar-refractivity contribution in [2.24, 2.45) is 0 Å². The summed E-state index contributed by atoms with van der Waals surface area (Å²) in [6.07, 6.45) is 7.41. The predicted molar refractivity (Wildman–Crippen MR) is 176 cm³/mol. The summed E-state index contributed by atoms with van der Waals surface area (Å²) in [6, 6.07) is 10.8. The first-order chi connectivity index (χ1) is 20.7. The SMILES string of the molecule is CCCCN1/C(=C/C2=C(O)C(=C\C3=[N+](CCCC)c4ccc(B(O)O)cc4C3(C)C)/C2=O)C(C)(C)c2cc(B(O)O)ccc21. The summed E-state index contributed by atoms with van der Waals surface area (Å²) in [5.74, 6) is -0.276. The highest BCUT2D eigenvalue weighted by atomic mass is 16.4. The fraction of sp³-hybridized carbons (Fsp3) is 0.412. The maximum Gasteiger partial charge on any atom is 0.488 e. The molecule has 0 aromatic heterocycles. The van der Waals surface area contributed by atoms with Crippen LogP contribution in [0.1, 0.15) is 78.4 Å². The number of benzene rings is 2. The number of hydrogen-bond acceptors (Lipinski definition) is 7. The zero-order chi connectivity index (χ0) is 32.1. The molecule has 0 spiro atoms. The van der Waals surface area contributed by atoms with E-state index in [9.17, 15) is 30.0 Å². The van der Waals surface area contributed by atoms with E-state index >= 15 is 0 Å². The second-order valence-corrected chi connectivity index (χ2v) is 13.1. The fourth-order valence-electron chi connectivity index (χ4n) is 6.73. The van der Waals surface area contributed by atoms with Crippen molar-refractivity contribution in [2.75, 3.05) is 18.0 Å². The smallest absolute Gasteiger partial charge is 0.488 e. The number of aliphatic hydroxyl groups is 1. The molecule has 5 N–H and O–H groups in total. The van der Waals surface area contributed by atoms with Crippen molar-refractivity contribution < 1.29 is 34.6 Å². The molecule has 3 aliphatic rings. The number of unbranched alkanes of at least 4 members (excludes halogenated alkanes) is 2. The molecule has 0 saturated heterocycles. The lowest BCUT2D eigenvalue weighted by atomic mass is 9.73. The van der Waals surface area contributed by atoms with Gasteiger partial charge in [0, 0.05) is 47.5 Å². The molecule has 5 rings (SSSR count). The average molecular weight is 597 g/mol. The summed E-state index contributed by atoms with van der Waals surface area (Å²) in [5, 5.41) is 50.6. The van der Waals surface area contributed by atoms with Gasteiger partial charge in [-0.1, -0.05) is 64.8 Å². The van der Waals surface area contributed by atoms with Crippen molar-refractivity contribution in [3.63, 3.8) is 0 Å². The van der Waals surface area contributed by atoms with Crippen LogP contribution in [0, 0.1) is 0 Å². The van der Waals surface area contributed by atoms with Gasteiger partial charge in [0.25, 0.3) is 0 Å². The third-order valence-corrected chi connectivity index (χ3v) is 9.46. The number of Topliss-reactive ketones (excluding diaryl/α,β-unsaturated/α-hetero) is 1. The van der Waals surface area contributed by atoms with Crippen LogP contribution in [0.4, 0.5) is 11.4 Å². The molecule has 2 aromatic carbocycles. The monoisotopic (exact) mass is 597 g/mol. The molecule has 2 aromatic rings. The van der Waals surface area contributed by atoms with Crippen LogP contribution in [-0.4, -0.2) is 68.6 Å². The first-order valence-corrected chi connectivity index (χ1v) is 15.6. The van der Waals surface area contributed by atoms with E-state index in [2.05, 4.69) is 23.3 Å². The number of ketones is 1. The maximum absolute atomic E-state index is 13.7. The van der Waals surface area contributed by atoms with Crippen molar-refractivity contribution in [3.8, 4) is 0 Å². The lowest BCUT2D eigenvalue weighted by Gasteiger charge is -2.29. The number of aliphatic hydroxyl groups excluding tert-OH is 1. The minimum atomic E-state index is -1.58. The van der Waals surface area contributed by atoms with Crippen LogP contribution in [0.3, 0.4) is 0 Å². The molecule has 10 heteroatoms. The number of fused-ring (bicyclic) bond motifs is 2. The van der Waals surface area contributed by atoms with E-state index in [-0.39, 0.29) is 22.7 Å². The highest BCUT2D eigenvalue weighted by Gasteiger charge is 2.47. The second-order valence-electron chi connectivity index (χ2n) is 13.1. The van der Waals surface area contributed by atoms with E-state index in [4.69, 9.17) is 0 Å². The van der Waals surface area contributed by atoms with E-state index in [1.54, 1.807) is 24.3 Å². The Bertz CT molecular complexity index is 1630. The van der Waals surface area contributed by atoms with Crippen molar-refractivity contribution >= 4 is 48.0 Å². The molecular formula is C34H43B2N2O6+. The Labute approximate surface area is 260 Å². The summed E-state index contributed by atoms with van der Waals surface area (Å²) < 4.78 is 2.17. The molecule has 0 amide bonds. The van der Waals surface area contributed by atoms with E-state index in [1.807, 2.05) is 52.0 Å². The van der Waals surface area contributed by atoms with E-state index in [0.717, 1.165) is 72.7 Å². The van der Waals surface area contributed by atoms with Gasteiger partial charge in [-0.3, -0.25) is 4.79 Å². The van der Waals surface area contributed by atoms with E-state index in [0.29, 0.717) is 10.9 Å². The molecule has 0 bridgehead atoms. The zero-order valence-corrected chi connectivity index (χ0v) is 26.6. The fourth-order valence-corrected chi connectivity index (χ4v) is 6.73. The third-order valence-electron chi connectivity index (χ3n) is 9.46. The largest absolute Gasteiger partial charge is 0.506 e. The highest BCUT2D eigenvalue weighted by Crippen LogP contribution is 2.49. The predicted octanol–water partition coefficient (Wildman–Crippen LogP) is 3.03. The summed E-state index contributed by atoms with van der Waals surface area (Å²) in [5.41, 5.74) is 5.79. The van der Waals surface area contributed by atoms with Crippen LogP contribution >= 0.6 is 0 Å². The molecule has 44 heavy (non-hydrogen) atoms. The van der Waals surface area contributed by atoms with Crippen LogP contribution < -0.4 is 15.8 Å². The normalized spacial score (nSPS) is 20.0. The molecule has 1 aliphatic carbocycles. The minimum Gasteiger partial charge on any atom is -0.506 e. The lowest BCUT2D eigenvalue weighted by molar-refractivity contribution is -0.438. The summed E-state index contributed by atoms with van der Waals surface area (Å²) in [6.45, 7) is 13.9. The number of allylic oxidation sites excluding steroid dienone is 5. The first kappa shape index (κ1) is 32.0. The summed E-state index contributed by atoms with van der Waals surface area (Å²) in [7, 11) is -3.16. The number of hydrogen-bond donors (Lipinski definition) is 5. The van der Waals surface area contributed by atoms with Gasteiger partial charge in [0.1, 0.15) is 12.3 Å². The Morgan fingerprint density at radius 3 is 2.05 bits per heavy atom. The molecule has 230 valence electrons. The minimum absolute atomic E-state index is 0.0441. The molecule has 8 nitrogen and oxygen atoms in total. The quantitative estimate of drug-likeness (QED) is 0.162. The molecule has 0 fully saturated rings. The van der Waals surface area contributed by atoms with Gasteiger partial charge in [0.15, 0.2) is 5.71 Å². The number of rotatable bonds is 10. The topological polar surface area (TPSA) is 124 Å². The number of nitrogens with zero attached hydrogens (tertiary/aromatic N) is 2. The molecule has 0 radical (unpaired) electrons. The molecular weight excluding hydrogens is 554 g/mol. The Balaban J connectivity index is 1.58. The van der Waals surface area contributed by atoms with Crippen LogP contribution in [0.2, 0.25) is 0 Å². The van der Waals surface area contributed by atoms with Gasteiger partial charge in [-0.2, -0.15) is 4.58 Å². The number of carbonyl (C=O) groups excluding carboxylic acids is 1. The van der Waals surface area contributed by atoms with E-state index in [1.165, 1.54) is 0 Å². The molecule has 0 atom stereocenters. The van der Waals surface area contributed by atoms with Crippen LogP contribution in [-0.2, 0) is 15.6 Å². The highest BCUT2D eigenvalue weighted by molar-refractivity contribution is 6.59. The Morgan fingerprint density at radius 2 is 1.45 bits per heavy atom. The van der Waals surface area contributed by atoms with Crippen molar-refractivity contribution in [3.05, 3.63) is 82.3 Å². The van der Waals surface area contributed by atoms with Crippen LogP contribution in [0.15, 0.2) is 71.2 Å². The first-order valence-electron chi connectivity index (χ1n) is 15.6. The molecule has 0 unspecified atom stereocenters. The number of carbonyl (C=O) groups is 1. The molecule has 0 saturated carbocycles. The van der Waals surface area contributed by atoms with E-state index < -0.39 is 25.1 Å². The van der Waals surface area contributed by atoms with Crippen LogP contribution in [0.25, 0.3) is 0 Å². The maximum atomic E-state index is 13.7. The van der Waals surface area contributed by atoms with Gasteiger partial charge in [-0.25, -0.2) is 0 Å². The summed E-state index contributed by atoms with van der Waals surface area (Å²) in [4.78, 5) is 15.9. The zero-order valence-electron chi connectivity index (χ0n) is 26.6. The molecule has 2 aliphatic heterocycles. The van der Waals surface area contributed by atoms with Gasteiger partial charge >= 0.3 is 14.2 Å². The van der Waals surface area contributed by atoms with Crippen LogP contribution in [0.5, 0.6) is 0 Å². The van der Waals surface area contributed by atoms with Crippen molar-refractivity contribution in [2.45, 2.75) is 78.1 Å². The van der Waals surface area contributed by atoms with Gasteiger partial charge in [0.2, 0.25) is 11.5 Å². The van der Waals surface area contributed by atoms with Gasteiger partial charge in [-0.15, -0.1) is 0 Å². The molecule has 2 heterocycles. The Kier molecular flexibility index (Phi) is 8.59. The summed E-state index contributed by atoms with van der Waals surface area (Å²) >= 11 is 0. The van der Waals surface area contributed by atoms with Crippen molar-refractivity contribution in [1.29, 1.82) is 0 Å². The number of anilines is 1. The average Bonchev–Trinajstić information content (AvgIpc) is 3.33. The standard InChI is InChI=1S/C34H42B2N2O6/c1-7-9-15-37-27-13-11-21(35(41)42)17-25(27)33(3,4)29(37)19-23-31(39)24(32(23)40)20-30-34(5,6)26-18-22(36(43)44)12-14-28(26)38(30)16-10-8-2/h11-14,17-20,41-44H,7-10,15-16H2,1-6H3/p+1. The Morgan fingerprint density at radius 1 is 0.841 bits per heavy atom. The lowest BCUT2D eigenvalue weighted by Crippen LogP contribution is -2.33. The second kappa shape index (κ2) is 11.8.